The zero-order valence-corrected chi connectivity index (χ0v) is 18.2. The molecular formula is C25H48O. The predicted octanol–water partition coefficient (Wildman–Crippen LogP) is 8.31. The number of unbranched alkanes of at least 4 members (excludes halogenated alkanes) is 4. The highest BCUT2D eigenvalue weighted by molar-refractivity contribution is 4.74. The lowest BCUT2D eigenvalue weighted by Crippen LogP contribution is -2.22. The van der Waals surface area contributed by atoms with Gasteiger partial charge in [0.15, 0.2) is 0 Å². The van der Waals surface area contributed by atoms with Crippen LogP contribution in [0, 0.1) is 17.8 Å². The van der Waals surface area contributed by atoms with Gasteiger partial charge >= 0.3 is 0 Å². The highest BCUT2D eigenvalue weighted by atomic mass is 16.5. The van der Waals surface area contributed by atoms with Crippen molar-refractivity contribution in [3.63, 3.8) is 0 Å². The lowest BCUT2D eigenvalue weighted by atomic mass is 9.78. The maximum Gasteiger partial charge on any atom is 0.0575 e. The Bertz CT molecular complexity index is 310. The number of rotatable bonds is 13. The van der Waals surface area contributed by atoms with Crippen molar-refractivity contribution in [3.8, 4) is 0 Å². The summed E-state index contributed by atoms with van der Waals surface area (Å²) in [7, 11) is 0. The van der Waals surface area contributed by atoms with Gasteiger partial charge in [-0.2, -0.15) is 0 Å². The first-order chi connectivity index (χ1) is 12.8. The van der Waals surface area contributed by atoms with Crippen LogP contribution in [-0.4, -0.2) is 12.7 Å². The van der Waals surface area contributed by atoms with Crippen LogP contribution in [-0.2, 0) is 4.74 Å². The first kappa shape index (κ1) is 22.3. The second kappa shape index (κ2) is 14.0. The third-order valence-corrected chi connectivity index (χ3v) is 7.28. The van der Waals surface area contributed by atoms with Crippen molar-refractivity contribution in [2.75, 3.05) is 6.61 Å². The van der Waals surface area contributed by atoms with Crippen molar-refractivity contribution in [2.24, 2.45) is 17.8 Å². The fourth-order valence-electron chi connectivity index (χ4n) is 5.46. The molecular weight excluding hydrogens is 316 g/mol. The molecule has 0 aromatic rings. The van der Waals surface area contributed by atoms with Gasteiger partial charge in [0.05, 0.1) is 6.10 Å². The Labute approximate surface area is 165 Å². The molecule has 0 spiro atoms. The lowest BCUT2D eigenvalue weighted by Gasteiger charge is -2.30. The molecule has 2 rings (SSSR count). The van der Waals surface area contributed by atoms with Crippen LogP contribution in [0.5, 0.6) is 0 Å². The molecule has 26 heavy (non-hydrogen) atoms. The highest BCUT2D eigenvalue weighted by Crippen LogP contribution is 2.34. The van der Waals surface area contributed by atoms with Crippen LogP contribution in [0.1, 0.15) is 129 Å². The first-order valence-corrected chi connectivity index (χ1v) is 12.4. The van der Waals surface area contributed by atoms with Crippen molar-refractivity contribution < 1.29 is 4.74 Å². The van der Waals surface area contributed by atoms with Gasteiger partial charge in [0.1, 0.15) is 0 Å². The molecule has 2 saturated carbocycles. The van der Waals surface area contributed by atoms with Crippen LogP contribution < -0.4 is 0 Å². The summed E-state index contributed by atoms with van der Waals surface area (Å²) < 4.78 is 6.21. The van der Waals surface area contributed by atoms with Gasteiger partial charge in [-0.05, 0) is 56.3 Å². The third kappa shape index (κ3) is 9.25. The smallest absolute Gasteiger partial charge is 0.0575 e. The van der Waals surface area contributed by atoms with Gasteiger partial charge in [0.25, 0.3) is 0 Å². The summed E-state index contributed by atoms with van der Waals surface area (Å²) in [6, 6.07) is 0. The Kier molecular flexibility index (Phi) is 12.0. The van der Waals surface area contributed by atoms with Gasteiger partial charge in [-0.1, -0.05) is 90.9 Å². The summed E-state index contributed by atoms with van der Waals surface area (Å²) >= 11 is 0. The molecule has 0 bridgehead atoms. The zero-order valence-electron chi connectivity index (χ0n) is 18.2. The largest absolute Gasteiger partial charge is 0.378 e. The van der Waals surface area contributed by atoms with E-state index in [0.717, 1.165) is 24.4 Å². The fourth-order valence-corrected chi connectivity index (χ4v) is 5.46. The molecule has 0 aliphatic heterocycles. The summed E-state index contributed by atoms with van der Waals surface area (Å²) in [5.74, 6) is 3.07. The normalized spacial score (nSPS) is 29.8. The molecule has 1 heteroatoms. The molecule has 2 aliphatic rings. The zero-order chi connectivity index (χ0) is 18.5. The van der Waals surface area contributed by atoms with Crippen molar-refractivity contribution in [3.05, 3.63) is 0 Å². The van der Waals surface area contributed by atoms with Crippen LogP contribution in [0.2, 0.25) is 0 Å². The standard InChI is InChI=1S/C25H48O/c1-3-5-6-7-8-11-23-13-15-24(16-14-23)12-9-21-26-25-19-17-22(10-4-2)18-20-25/h22-25H,3-21H2,1-2H3. The van der Waals surface area contributed by atoms with Crippen molar-refractivity contribution in [2.45, 2.75) is 136 Å². The molecule has 0 aromatic carbocycles. The maximum absolute atomic E-state index is 6.21. The van der Waals surface area contributed by atoms with E-state index < -0.39 is 0 Å². The molecule has 0 aromatic heterocycles. The molecule has 0 heterocycles. The Morgan fingerprint density at radius 3 is 1.69 bits per heavy atom. The second-order valence-corrected chi connectivity index (χ2v) is 9.53. The topological polar surface area (TPSA) is 9.23 Å². The average Bonchev–Trinajstić information content (AvgIpc) is 2.68. The minimum atomic E-state index is 0.589. The van der Waals surface area contributed by atoms with E-state index in [4.69, 9.17) is 4.74 Å². The SMILES string of the molecule is CCCCCCCC1CCC(CCCOC2CCC(CCC)CC2)CC1. The monoisotopic (exact) mass is 364 g/mol. The molecule has 0 saturated heterocycles. The Hall–Kier alpha value is -0.0400. The Morgan fingerprint density at radius 1 is 0.538 bits per heavy atom. The van der Waals surface area contributed by atoms with Crippen LogP contribution in [0.3, 0.4) is 0 Å². The highest BCUT2D eigenvalue weighted by Gasteiger charge is 2.22. The summed E-state index contributed by atoms with van der Waals surface area (Å²) in [5, 5.41) is 0. The van der Waals surface area contributed by atoms with Gasteiger partial charge in [0.2, 0.25) is 0 Å². The van der Waals surface area contributed by atoms with E-state index in [9.17, 15) is 0 Å². The average molecular weight is 365 g/mol. The number of hydrogen-bond acceptors (Lipinski definition) is 1. The van der Waals surface area contributed by atoms with Crippen LogP contribution >= 0.6 is 0 Å². The minimum absolute atomic E-state index is 0.589. The Balaban J connectivity index is 1.42. The van der Waals surface area contributed by atoms with E-state index in [0.29, 0.717) is 6.10 Å². The van der Waals surface area contributed by atoms with Gasteiger partial charge in [-0.15, -0.1) is 0 Å². The molecule has 2 fully saturated rings. The molecule has 0 unspecified atom stereocenters. The van der Waals surface area contributed by atoms with Gasteiger partial charge in [-0.3, -0.25) is 0 Å². The lowest BCUT2D eigenvalue weighted by molar-refractivity contribution is 0.0133. The molecule has 0 atom stereocenters. The molecule has 0 N–H and O–H groups in total. The van der Waals surface area contributed by atoms with Gasteiger partial charge < -0.3 is 4.74 Å². The molecule has 154 valence electrons. The van der Waals surface area contributed by atoms with Crippen LogP contribution in [0.4, 0.5) is 0 Å². The Morgan fingerprint density at radius 2 is 1.08 bits per heavy atom. The van der Waals surface area contributed by atoms with Crippen molar-refractivity contribution in [1.82, 2.24) is 0 Å². The summed E-state index contributed by atoms with van der Waals surface area (Å²) in [5.41, 5.74) is 0. The minimum Gasteiger partial charge on any atom is -0.378 e. The molecule has 2 aliphatic carbocycles. The van der Waals surface area contributed by atoms with Crippen molar-refractivity contribution >= 4 is 0 Å². The van der Waals surface area contributed by atoms with Gasteiger partial charge in [0, 0.05) is 6.61 Å². The third-order valence-electron chi connectivity index (χ3n) is 7.28. The predicted molar refractivity (Wildman–Crippen MR) is 115 cm³/mol. The molecule has 1 nitrogen and oxygen atoms in total. The van der Waals surface area contributed by atoms with E-state index in [1.54, 1.807) is 0 Å². The maximum atomic E-state index is 6.21. The van der Waals surface area contributed by atoms with E-state index in [2.05, 4.69) is 13.8 Å². The van der Waals surface area contributed by atoms with Crippen LogP contribution in [0.15, 0.2) is 0 Å². The van der Waals surface area contributed by atoms with E-state index in [1.807, 2.05) is 0 Å². The van der Waals surface area contributed by atoms with Crippen LogP contribution in [0.25, 0.3) is 0 Å². The summed E-state index contributed by atoms with van der Waals surface area (Å²) in [6.45, 7) is 5.66. The first-order valence-electron chi connectivity index (χ1n) is 12.4. The quantitative estimate of drug-likeness (QED) is 0.298. The number of hydrogen-bond donors (Lipinski definition) is 0. The van der Waals surface area contributed by atoms with Gasteiger partial charge in [-0.25, -0.2) is 0 Å². The van der Waals surface area contributed by atoms with E-state index in [1.165, 1.54) is 116 Å². The fraction of sp³-hybridized carbons (Fsp3) is 1.00. The van der Waals surface area contributed by atoms with Crippen molar-refractivity contribution in [1.29, 1.82) is 0 Å². The van der Waals surface area contributed by atoms with E-state index in [-0.39, 0.29) is 0 Å². The second-order valence-electron chi connectivity index (χ2n) is 9.53. The summed E-state index contributed by atoms with van der Waals surface area (Å²) in [6.07, 6.45) is 26.4. The van der Waals surface area contributed by atoms with E-state index >= 15 is 0 Å². The summed E-state index contributed by atoms with van der Waals surface area (Å²) in [4.78, 5) is 0. The molecule has 0 radical (unpaired) electrons. The number of ether oxygens (including phenoxy) is 1. The molecule has 0 amide bonds.